The van der Waals surface area contributed by atoms with Crippen molar-refractivity contribution in [2.75, 3.05) is 0 Å². The van der Waals surface area contributed by atoms with Gasteiger partial charge in [-0.05, 0) is 0 Å². The third-order valence-corrected chi connectivity index (χ3v) is 1.06. The van der Waals surface area contributed by atoms with E-state index in [4.69, 9.17) is 5.11 Å². The molecule has 5 nitrogen and oxygen atoms in total. The van der Waals surface area contributed by atoms with Crippen LogP contribution in [0.5, 0.6) is 0 Å². The Balaban J connectivity index is 3.12. The Hall–Kier alpha value is -1.17. The van der Waals surface area contributed by atoms with E-state index in [9.17, 15) is 9.59 Å². The fraction of sp³-hybridized carbons (Fsp3) is 0. The minimum absolute atomic E-state index is 0.480. The highest BCUT2D eigenvalue weighted by Crippen LogP contribution is 1.90. The highest BCUT2D eigenvalue weighted by molar-refractivity contribution is 7.02. The smallest absolute Gasteiger partial charge is 0.414 e. The summed E-state index contributed by atoms with van der Waals surface area (Å²) in [6, 6.07) is 0. The highest BCUT2D eigenvalue weighted by Gasteiger charge is 2.08. The monoisotopic (exact) mass is 147 g/mol. The van der Waals surface area contributed by atoms with E-state index in [1.165, 1.54) is 0 Å². The van der Waals surface area contributed by atoms with Gasteiger partial charge in [-0.1, -0.05) is 0 Å². The van der Waals surface area contributed by atoms with Crippen molar-refractivity contribution >= 4 is 17.5 Å². The Labute approximate surface area is 52.7 Å². The van der Waals surface area contributed by atoms with E-state index in [0.29, 0.717) is 11.5 Å². The van der Waals surface area contributed by atoms with Gasteiger partial charge in [0.05, 0.1) is 11.5 Å². The topological polar surface area (TPSA) is 80.4 Å². The maximum Gasteiger partial charge on any atom is 0.414 e. The molecule has 1 aromatic rings. The van der Waals surface area contributed by atoms with Gasteiger partial charge in [0, 0.05) is 0 Å². The van der Waals surface area contributed by atoms with Gasteiger partial charge in [0.2, 0.25) is 0 Å². The minimum Gasteiger partial charge on any atom is -0.474 e. The fourth-order valence-corrected chi connectivity index (χ4v) is 0.667. The first-order valence-corrected chi connectivity index (χ1v) is 2.67. The van der Waals surface area contributed by atoms with E-state index >= 15 is 0 Å². The van der Waals surface area contributed by atoms with Crippen molar-refractivity contribution in [3.05, 3.63) is 15.6 Å². The first kappa shape index (κ1) is 5.96. The summed E-state index contributed by atoms with van der Waals surface area (Å²) >= 11 is 0.480. The second-order valence-corrected chi connectivity index (χ2v) is 1.84. The molecular weight excluding hydrogens is 146 g/mol. The van der Waals surface area contributed by atoms with Crippen LogP contribution >= 0.6 is 11.5 Å². The molecule has 0 aliphatic carbocycles. The van der Waals surface area contributed by atoms with Crippen molar-refractivity contribution < 1.29 is 14.3 Å². The number of carbonyl (C=O) groups is 1. The lowest BCUT2D eigenvalue weighted by atomic mass is 10.7. The van der Waals surface area contributed by atoms with Crippen LogP contribution in [-0.4, -0.2) is 15.4 Å². The molecule has 1 heterocycles. The van der Waals surface area contributed by atoms with Crippen LogP contribution in [0.1, 0.15) is 10.7 Å². The molecule has 1 N–H and O–H groups in total. The van der Waals surface area contributed by atoms with E-state index in [1.807, 2.05) is 0 Å². The Kier molecular flexibility index (Phi) is 1.31. The lowest BCUT2D eigenvalue weighted by molar-refractivity contribution is 0.0651. The fourth-order valence-electron chi connectivity index (χ4n) is 0.278. The number of nitrogens with zero attached hydrogens (tertiary/aromatic N) is 1. The predicted octanol–water partition coefficient (Wildman–Crippen LogP) is -0.206. The van der Waals surface area contributed by atoms with Crippen LogP contribution in [0.25, 0.3) is 0 Å². The Morgan fingerprint density at radius 2 is 2.44 bits per heavy atom. The summed E-state index contributed by atoms with van der Waals surface area (Å²) in [6.07, 6.45) is 0. The molecule has 0 aliphatic heterocycles. The van der Waals surface area contributed by atoms with Crippen LogP contribution in [0.4, 0.5) is 0 Å². The predicted molar refractivity (Wildman–Crippen MR) is 27.6 cm³/mol. The number of aromatic nitrogens is 1. The van der Waals surface area contributed by atoms with Crippen LogP contribution in [0.3, 0.4) is 0 Å². The molecule has 0 atom stereocenters. The zero-order valence-corrected chi connectivity index (χ0v) is 4.84. The van der Waals surface area contributed by atoms with E-state index in [2.05, 4.69) is 8.79 Å². The van der Waals surface area contributed by atoms with Crippen LogP contribution in [0, 0.1) is 0 Å². The molecule has 0 saturated carbocycles. The standard InChI is InChI=1S/C3HNO4S/c5-2(6)1-4-9-3(7)8-1/h(H,5,6). The van der Waals surface area contributed by atoms with Gasteiger partial charge in [0.15, 0.2) is 0 Å². The number of hydrogen-bond acceptors (Lipinski definition) is 5. The van der Waals surface area contributed by atoms with Crippen molar-refractivity contribution in [3.8, 4) is 0 Å². The zero-order valence-electron chi connectivity index (χ0n) is 4.03. The first-order chi connectivity index (χ1) is 4.20. The molecule has 0 aliphatic rings. The van der Waals surface area contributed by atoms with E-state index in [-0.39, 0.29) is 0 Å². The summed E-state index contributed by atoms with van der Waals surface area (Å²) in [7, 11) is 0. The average Bonchev–Trinajstić information content (AvgIpc) is 2.14. The summed E-state index contributed by atoms with van der Waals surface area (Å²) in [6.45, 7) is 0. The number of aromatic carboxylic acids is 1. The largest absolute Gasteiger partial charge is 0.474 e. The Bertz CT molecular complexity index is 273. The van der Waals surface area contributed by atoms with Gasteiger partial charge in [0.1, 0.15) is 0 Å². The number of carboxylic acids is 1. The molecule has 0 saturated heterocycles. The number of hydrogen-bond donors (Lipinski definition) is 1. The number of carboxylic acid groups (broad SMARTS) is 1. The third-order valence-electron chi connectivity index (χ3n) is 0.566. The SMILES string of the molecule is O=C(O)c1nsc(=O)o1. The molecule has 0 amide bonds. The van der Waals surface area contributed by atoms with E-state index in [0.717, 1.165) is 0 Å². The second-order valence-electron chi connectivity index (χ2n) is 1.14. The first-order valence-electron chi connectivity index (χ1n) is 1.90. The van der Waals surface area contributed by atoms with Crippen molar-refractivity contribution in [1.29, 1.82) is 0 Å². The zero-order chi connectivity index (χ0) is 6.85. The molecule has 0 unspecified atom stereocenters. The normalized spacial score (nSPS) is 9.33. The Morgan fingerprint density at radius 3 is 2.67 bits per heavy atom. The van der Waals surface area contributed by atoms with Crippen molar-refractivity contribution in [3.63, 3.8) is 0 Å². The van der Waals surface area contributed by atoms with Crippen molar-refractivity contribution in [1.82, 2.24) is 4.37 Å². The Morgan fingerprint density at radius 1 is 1.78 bits per heavy atom. The highest BCUT2D eigenvalue weighted by atomic mass is 32.1. The molecule has 6 heteroatoms. The van der Waals surface area contributed by atoms with Crippen LogP contribution in [0.15, 0.2) is 9.21 Å². The van der Waals surface area contributed by atoms with E-state index < -0.39 is 16.8 Å². The van der Waals surface area contributed by atoms with Crippen LogP contribution < -0.4 is 4.94 Å². The number of rotatable bonds is 1. The van der Waals surface area contributed by atoms with Crippen molar-refractivity contribution in [2.45, 2.75) is 0 Å². The summed E-state index contributed by atoms with van der Waals surface area (Å²) in [5, 5.41) is 8.11. The average molecular weight is 147 g/mol. The van der Waals surface area contributed by atoms with Crippen molar-refractivity contribution in [2.24, 2.45) is 0 Å². The molecule has 0 aromatic carbocycles. The second kappa shape index (κ2) is 1.98. The maximum absolute atomic E-state index is 10.1. The molecule has 0 radical (unpaired) electrons. The van der Waals surface area contributed by atoms with Crippen LogP contribution in [-0.2, 0) is 0 Å². The maximum atomic E-state index is 10.1. The molecule has 48 valence electrons. The van der Waals surface area contributed by atoms with Gasteiger partial charge in [-0.2, -0.15) is 0 Å². The molecule has 0 fully saturated rings. The summed E-state index contributed by atoms with van der Waals surface area (Å²) in [5.74, 6) is -1.88. The molecule has 1 aromatic heterocycles. The molecule has 0 spiro atoms. The van der Waals surface area contributed by atoms with Gasteiger partial charge in [-0.25, -0.2) is 9.59 Å². The van der Waals surface area contributed by atoms with Gasteiger partial charge in [-0.3, -0.25) is 0 Å². The summed E-state index contributed by atoms with van der Waals surface area (Å²) in [4.78, 5) is 19.3. The summed E-state index contributed by atoms with van der Waals surface area (Å²) in [5.41, 5.74) is 0. The summed E-state index contributed by atoms with van der Waals surface area (Å²) < 4.78 is 7.28. The van der Waals surface area contributed by atoms with Crippen LogP contribution in [0.2, 0.25) is 0 Å². The molecule has 0 bridgehead atoms. The van der Waals surface area contributed by atoms with E-state index in [1.54, 1.807) is 0 Å². The lowest BCUT2D eigenvalue weighted by Crippen LogP contribution is -1.95. The molecule has 9 heavy (non-hydrogen) atoms. The third kappa shape index (κ3) is 1.14. The van der Waals surface area contributed by atoms with Gasteiger partial charge in [-0.15, -0.1) is 4.37 Å². The molecule has 1 rings (SSSR count). The molecular formula is C3HNO4S. The lowest BCUT2D eigenvalue weighted by Gasteiger charge is -1.75. The van der Waals surface area contributed by atoms with Gasteiger partial charge in [0.25, 0.3) is 0 Å². The quantitative estimate of drug-likeness (QED) is 0.594. The minimum atomic E-state index is -1.33. The van der Waals surface area contributed by atoms with Gasteiger partial charge < -0.3 is 9.52 Å². The van der Waals surface area contributed by atoms with Gasteiger partial charge >= 0.3 is 16.8 Å².